The molecule has 0 bridgehead atoms. The third-order valence-corrected chi connectivity index (χ3v) is 1.59. The van der Waals surface area contributed by atoms with Crippen LogP contribution in [0.5, 0.6) is 0 Å². The summed E-state index contributed by atoms with van der Waals surface area (Å²) in [5, 5.41) is 2.95. The highest BCUT2D eigenvalue weighted by molar-refractivity contribution is 7.10. The van der Waals surface area contributed by atoms with E-state index in [1.165, 1.54) is 0 Å². The van der Waals surface area contributed by atoms with Gasteiger partial charge in [0.15, 0.2) is 0 Å². The molecule has 1 heterocycles. The summed E-state index contributed by atoms with van der Waals surface area (Å²) in [6.07, 6.45) is 5.59. The van der Waals surface area contributed by atoms with Crippen molar-refractivity contribution in [1.29, 1.82) is 0 Å². The Hall–Kier alpha value is -0.670. The molecule has 9 heavy (non-hydrogen) atoms. The van der Waals surface area contributed by atoms with E-state index in [0.717, 1.165) is 5.01 Å². The number of hydrogen-bond acceptors (Lipinski definition) is 3. The van der Waals surface area contributed by atoms with Crippen LogP contribution >= 0.6 is 11.3 Å². The second-order valence-corrected chi connectivity index (χ2v) is 2.43. The number of aromatic nitrogens is 1. The van der Waals surface area contributed by atoms with Crippen molar-refractivity contribution < 1.29 is 0 Å². The van der Waals surface area contributed by atoms with Gasteiger partial charge in [0.25, 0.3) is 0 Å². The van der Waals surface area contributed by atoms with E-state index in [4.69, 9.17) is 5.73 Å². The predicted molar refractivity (Wildman–Crippen MR) is 40.2 cm³/mol. The number of nitrogens with two attached hydrogens (primary N) is 1. The Balaban J connectivity index is 2.57. The van der Waals surface area contributed by atoms with Crippen molar-refractivity contribution >= 4 is 17.4 Å². The van der Waals surface area contributed by atoms with E-state index < -0.39 is 0 Å². The molecular weight excluding hydrogens is 132 g/mol. The van der Waals surface area contributed by atoms with Crippen molar-refractivity contribution in [2.45, 2.75) is 0 Å². The molecule has 0 unspecified atom stereocenters. The third-order valence-electron chi connectivity index (χ3n) is 0.848. The van der Waals surface area contributed by atoms with Gasteiger partial charge in [-0.15, -0.1) is 11.3 Å². The lowest BCUT2D eigenvalue weighted by Crippen LogP contribution is -1.91. The molecule has 3 heteroatoms. The zero-order chi connectivity index (χ0) is 6.53. The van der Waals surface area contributed by atoms with Crippen molar-refractivity contribution in [1.82, 2.24) is 4.98 Å². The normalized spacial score (nSPS) is 10.8. The van der Waals surface area contributed by atoms with Crippen LogP contribution in [0.2, 0.25) is 0 Å². The van der Waals surface area contributed by atoms with E-state index >= 15 is 0 Å². The van der Waals surface area contributed by atoms with Gasteiger partial charge in [0.2, 0.25) is 0 Å². The Morgan fingerprint density at radius 2 is 2.67 bits per heavy atom. The molecule has 1 rings (SSSR count). The summed E-state index contributed by atoms with van der Waals surface area (Å²) in [4.78, 5) is 4.03. The van der Waals surface area contributed by atoms with Crippen molar-refractivity contribution in [2.75, 3.05) is 6.54 Å². The lowest BCUT2D eigenvalue weighted by atomic mass is 10.5. The smallest absolute Gasteiger partial charge is 0.115 e. The van der Waals surface area contributed by atoms with E-state index in [-0.39, 0.29) is 0 Å². The maximum Gasteiger partial charge on any atom is 0.115 e. The summed E-state index contributed by atoms with van der Waals surface area (Å²) in [6.45, 7) is 0.583. The predicted octanol–water partition coefficient (Wildman–Crippen LogP) is 1.12. The molecule has 0 aromatic carbocycles. The fourth-order valence-electron chi connectivity index (χ4n) is 0.486. The minimum Gasteiger partial charge on any atom is -0.327 e. The van der Waals surface area contributed by atoms with E-state index in [2.05, 4.69) is 4.98 Å². The Labute approximate surface area is 58.0 Å². The van der Waals surface area contributed by atoms with Gasteiger partial charge in [0, 0.05) is 18.1 Å². The third kappa shape index (κ3) is 1.95. The molecule has 0 aliphatic rings. The molecule has 2 N–H and O–H groups in total. The fraction of sp³-hybridized carbons (Fsp3) is 0.167. The van der Waals surface area contributed by atoms with Crippen LogP contribution in [0, 0.1) is 0 Å². The minimum atomic E-state index is 0.583. The maximum atomic E-state index is 5.24. The second kappa shape index (κ2) is 3.37. The van der Waals surface area contributed by atoms with Crippen LogP contribution < -0.4 is 5.73 Å². The molecule has 0 radical (unpaired) electrons. The van der Waals surface area contributed by atoms with Gasteiger partial charge in [-0.2, -0.15) is 0 Å². The lowest BCUT2D eigenvalue weighted by molar-refractivity contribution is 1.26. The first-order valence-corrected chi connectivity index (χ1v) is 3.57. The molecule has 0 saturated carbocycles. The lowest BCUT2D eigenvalue weighted by Gasteiger charge is -1.78. The van der Waals surface area contributed by atoms with Crippen molar-refractivity contribution in [2.24, 2.45) is 5.73 Å². The summed E-state index contributed by atoms with van der Waals surface area (Å²) in [5.74, 6) is 0. The SMILES string of the molecule is NC/C=C/c1nccs1. The topological polar surface area (TPSA) is 38.9 Å². The first-order valence-electron chi connectivity index (χ1n) is 2.69. The number of thiazole rings is 1. The standard InChI is InChI=1S/C6H8N2S/c7-3-1-2-6-8-4-5-9-6/h1-2,4-5H,3,7H2/b2-1+. The Morgan fingerprint density at radius 3 is 3.22 bits per heavy atom. The highest BCUT2D eigenvalue weighted by atomic mass is 32.1. The van der Waals surface area contributed by atoms with Crippen molar-refractivity contribution in [3.05, 3.63) is 22.7 Å². The first-order chi connectivity index (χ1) is 4.43. The average molecular weight is 140 g/mol. The molecule has 48 valence electrons. The number of nitrogens with zero attached hydrogens (tertiary/aromatic N) is 1. The van der Waals surface area contributed by atoms with Gasteiger partial charge in [-0.25, -0.2) is 4.98 Å². The average Bonchev–Trinajstić information content (AvgIpc) is 2.34. The Bertz CT molecular complexity index is 179. The molecule has 0 fully saturated rings. The van der Waals surface area contributed by atoms with Crippen LogP contribution in [0.1, 0.15) is 5.01 Å². The second-order valence-electron chi connectivity index (χ2n) is 1.51. The summed E-state index contributed by atoms with van der Waals surface area (Å²) in [7, 11) is 0. The summed E-state index contributed by atoms with van der Waals surface area (Å²) in [5.41, 5.74) is 5.24. The van der Waals surface area contributed by atoms with Gasteiger partial charge >= 0.3 is 0 Å². The van der Waals surface area contributed by atoms with Gasteiger partial charge in [0.05, 0.1) is 0 Å². The van der Waals surface area contributed by atoms with Crippen LogP contribution in [0.25, 0.3) is 6.08 Å². The molecule has 1 aromatic heterocycles. The molecule has 0 aliphatic carbocycles. The van der Waals surface area contributed by atoms with Crippen LogP contribution in [0.3, 0.4) is 0 Å². The minimum absolute atomic E-state index is 0.583. The van der Waals surface area contributed by atoms with E-state index in [0.29, 0.717) is 6.54 Å². The van der Waals surface area contributed by atoms with Gasteiger partial charge in [-0.3, -0.25) is 0 Å². The molecule has 0 saturated heterocycles. The summed E-state index contributed by atoms with van der Waals surface area (Å²) >= 11 is 1.61. The molecule has 0 amide bonds. The quantitative estimate of drug-likeness (QED) is 0.668. The first kappa shape index (κ1) is 6.45. The van der Waals surface area contributed by atoms with E-state index in [1.54, 1.807) is 17.5 Å². The van der Waals surface area contributed by atoms with E-state index in [9.17, 15) is 0 Å². The van der Waals surface area contributed by atoms with Gasteiger partial charge in [-0.05, 0) is 6.08 Å². The van der Waals surface area contributed by atoms with E-state index in [1.807, 2.05) is 17.5 Å². The fourth-order valence-corrected chi connectivity index (χ4v) is 1.04. The Kier molecular flexibility index (Phi) is 2.42. The molecule has 1 aromatic rings. The van der Waals surface area contributed by atoms with Crippen LogP contribution in [0.4, 0.5) is 0 Å². The van der Waals surface area contributed by atoms with Crippen LogP contribution in [0.15, 0.2) is 17.7 Å². The maximum absolute atomic E-state index is 5.24. The number of hydrogen-bond donors (Lipinski definition) is 1. The molecule has 0 atom stereocenters. The zero-order valence-electron chi connectivity index (χ0n) is 4.95. The highest BCUT2D eigenvalue weighted by Gasteiger charge is 1.83. The van der Waals surface area contributed by atoms with Gasteiger partial charge in [-0.1, -0.05) is 6.08 Å². The zero-order valence-corrected chi connectivity index (χ0v) is 5.77. The van der Waals surface area contributed by atoms with Crippen LogP contribution in [-0.2, 0) is 0 Å². The van der Waals surface area contributed by atoms with Crippen molar-refractivity contribution in [3.8, 4) is 0 Å². The molecule has 0 spiro atoms. The Morgan fingerprint density at radius 1 is 1.78 bits per heavy atom. The summed E-state index contributed by atoms with van der Waals surface area (Å²) in [6, 6.07) is 0. The number of rotatable bonds is 2. The molecule has 2 nitrogen and oxygen atoms in total. The summed E-state index contributed by atoms with van der Waals surface area (Å²) < 4.78 is 0. The largest absolute Gasteiger partial charge is 0.327 e. The molecular formula is C6H8N2S. The molecule has 0 aliphatic heterocycles. The van der Waals surface area contributed by atoms with Crippen molar-refractivity contribution in [3.63, 3.8) is 0 Å². The van der Waals surface area contributed by atoms with Crippen LogP contribution in [-0.4, -0.2) is 11.5 Å². The monoisotopic (exact) mass is 140 g/mol. The van der Waals surface area contributed by atoms with Gasteiger partial charge < -0.3 is 5.73 Å². The highest BCUT2D eigenvalue weighted by Crippen LogP contribution is 2.04. The van der Waals surface area contributed by atoms with Gasteiger partial charge in [0.1, 0.15) is 5.01 Å².